The molecule has 162 valence electrons. The predicted molar refractivity (Wildman–Crippen MR) is 103 cm³/mol. The van der Waals surface area contributed by atoms with Gasteiger partial charge in [0.05, 0.1) is 11.8 Å². The number of pyridine rings is 1. The molecule has 0 atom stereocenters. The highest BCUT2D eigenvalue weighted by Crippen LogP contribution is 2.33. The lowest BCUT2D eigenvalue weighted by molar-refractivity contribution is -0.154. The number of nitrogens with zero attached hydrogens (tertiary/aromatic N) is 1. The number of carbonyl (C=O) groups excluding carboxylic acids is 1. The van der Waals surface area contributed by atoms with Gasteiger partial charge in [0.1, 0.15) is 27.9 Å². The zero-order chi connectivity index (χ0) is 22.7. The lowest BCUT2D eigenvalue weighted by Crippen LogP contribution is -2.24. The van der Waals surface area contributed by atoms with Crippen LogP contribution in [0.1, 0.15) is 36.7 Å². The molecule has 0 aliphatic heterocycles. The summed E-state index contributed by atoms with van der Waals surface area (Å²) in [5, 5.41) is -0.234. The highest BCUT2D eigenvalue weighted by molar-refractivity contribution is 6.31. The zero-order valence-corrected chi connectivity index (χ0v) is 17.0. The number of hydrogen-bond acceptors (Lipinski definition) is 5. The van der Waals surface area contributed by atoms with Crippen molar-refractivity contribution in [2.45, 2.75) is 32.5 Å². The average molecular weight is 448 g/mol. The summed E-state index contributed by atoms with van der Waals surface area (Å²) >= 11 is 5.87. The topological polar surface area (TPSA) is 57.7 Å². The van der Waals surface area contributed by atoms with E-state index >= 15 is 0 Å². The van der Waals surface area contributed by atoms with Gasteiger partial charge in [0.2, 0.25) is 5.88 Å². The number of rotatable bonds is 6. The minimum absolute atomic E-state index is 0.00637. The average Bonchev–Trinajstić information content (AvgIpc) is 2.59. The molecule has 0 N–H and O–H groups in total. The summed E-state index contributed by atoms with van der Waals surface area (Å²) in [6.45, 7) is 6.98. The Kier molecular flexibility index (Phi) is 6.97. The lowest BCUT2D eigenvalue weighted by atomic mass is 10.1. The number of benzene rings is 1. The highest BCUT2D eigenvalue weighted by atomic mass is 35.5. The van der Waals surface area contributed by atoms with E-state index in [-0.39, 0.29) is 27.6 Å². The largest absolute Gasteiger partial charge is 0.467 e. The van der Waals surface area contributed by atoms with Gasteiger partial charge in [0.15, 0.2) is 6.61 Å². The van der Waals surface area contributed by atoms with Crippen LogP contribution in [0.4, 0.5) is 17.6 Å². The first-order chi connectivity index (χ1) is 13.8. The monoisotopic (exact) mass is 447 g/mol. The number of ether oxygens (including phenoxy) is 3. The molecule has 5 nitrogen and oxygen atoms in total. The van der Waals surface area contributed by atoms with E-state index in [2.05, 4.69) is 16.3 Å². The molecule has 0 fully saturated rings. The first-order valence-corrected chi connectivity index (χ1v) is 8.89. The molecule has 0 saturated heterocycles. The Morgan fingerprint density at radius 3 is 2.43 bits per heavy atom. The molecule has 1 aromatic heterocycles. The summed E-state index contributed by atoms with van der Waals surface area (Å²) < 4.78 is 66.4. The van der Waals surface area contributed by atoms with Gasteiger partial charge in [-0.3, -0.25) is 0 Å². The van der Waals surface area contributed by atoms with E-state index in [0.29, 0.717) is 0 Å². The van der Waals surface area contributed by atoms with E-state index in [0.717, 1.165) is 18.3 Å². The second-order valence-electron chi connectivity index (χ2n) is 7.04. The quantitative estimate of drug-likeness (QED) is 0.389. The van der Waals surface area contributed by atoms with Crippen LogP contribution in [-0.2, 0) is 4.74 Å². The number of hydrogen-bond donors (Lipinski definition) is 0. The summed E-state index contributed by atoms with van der Waals surface area (Å²) in [5.74, 6) is -2.19. The molecule has 2 aromatic rings. The van der Waals surface area contributed by atoms with Crippen LogP contribution in [0.25, 0.3) is 6.08 Å². The normalized spacial score (nSPS) is 11.7. The second kappa shape index (κ2) is 8.91. The fourth-order valence-corrected chi connectivity index (χ4v) is 2.37. The van der Waals surface area contributed by atoms with E-state index in [9.17, 15) is 22.4 Å². The summed E-state index contributed by atoms with van der Waals surface area (Å²) in [6, 6.07) is 3.33. The molecule has 2 rings (SSSR count). The van der Waals surface area contributed by atoms with Gasteiger partial charge in [-0.1, -0.05) is 24.3 Å². The molecule has 0 bridgehead atoms. The van der Waals surface area contributed by atoms with Crippen LogP contribution in [-0.4, -0.2) is 29.3 Å². The maximum atomic E-state index is 14.5. The van der Waals surface area contributed by atoms with E-state index in [1.54, 1.807) is 20.8 Å². The number of esters is 1. The second-order valence-corrected chi connectivity index (χ2v) is 7.45. The third-order valence-corrected chi connectivity index (χ3v) is 3.59. The van der Waals surface area contributed by atoms with Crippen molar-refractivity contribution in [3.05, 3.63) is 52.9 Å². The van der Waals surface area contributed by atoms with Crippen molar-refractivity contribution in [3.63, 3.8) is 0 Å². The molecule has 1 aromatic carbocycles. The third-order valence-electron chi connectivity index (χ3n) is 3.32. The van der Waals surface area contributed by atoms with Crippen LogP contribution in [0.3, 0.4) is 0 Å². The van der Waals surface area contributed by atoms with Gasteiger partial charge < -0.3 is 14.2 Å². The maximum absolute atomic E-state index is 14.5. The third kappa shape index (κ3) is 6.62. The molecular formula is C20H18ClF4NO4. The molecule has 0 radical (unpaired) electrons. The summed E-state index contributed by atoms with van der Waals surface area (Å²) in [4.78, 5) is 15.8. The summed E-state index contributed by atoms with van der Waals surface area (Å²) in [7, 11) is 0. The van der Waals surface area contributed by atoms with Gasteiger partial charge in [-0.25, -0.2) is 14.2 Å². The standard InChI is InChI=1S/C20H18ClF4NO4/c1-5-11-6-13(18(27)30-19(2,3)4)15(22)8-16(11)29-12-7-14(21)17(26-9-12)28-10-20(23,24)25/h5-9H,1,10H2,2-4H3. The molecule has 0 unspecified atom stereocenters. The molecule has 30 heavy (non-hydrogen) atoms. The smallest absolute Gasteiger partial charge is 0.422 e. The van der Waals surface area contributed by atoms with Crippen LogP contribution in [0.15, 0.2) is 31.0 Å². The van der Waals surface area contributed by atoms with Crippen molar-refractivity contribution < 1.29 is 36.6 Å². The van der Waals surface area contributed by atoms with Gasteiger partial charge in [-0.2, -0.15) is 13.2 Å². The number of aromatic nitrogens is 1. The minimum Gasteiger partial charge on any atom is -0.467 e. The van der Waals surface area contributed by atoms with Crippen molar-refractivity contribution in [1.82, 2.24) is 4.98 Å². The van der Waals surface area contributed by atoms with Gasteiger partial charge in [-0.15, -0.1) is 0 Å². The molecule has 0 aliphatic rings. The van der Waals surface area contributed by atoms with Crippen LogP contribution >= 0.6 is 11.6 Å². The molecule has 0 spiro atoms. The van der Waals surface area contributed by atoms with Crippen molar-refractivity contribution >= 4 is 23.6 Å². The summed E-state index contributed by atoms with van der Waals surface area (Å²) in [5.41, 5.74) is -0.851. The van der Waals surface area contributed by atoms with Crippen molar-refractivity contribution in [2.24, 2.45) is 0 Å². The molecule has 0 saturated carbocycles. The molecule has 1 heterocycles. The number of carbonyl (C=O) groups is 1. The van der Waals surface area contributed by atoms with Crippen molar-refractivity contribution in [1.29, 1.82) is 0 Å². The molecule has 0 amide bonds. The van der Waals surface area contributed by atoms with Crippen molar-refractivity contribution in [2.75, 3.05) is 6.61 Å². The molecular weight excluding hydrogens is 430 g/mol. The Labute approximate surface area is 175 Å². The van der Waals surface area contributed by atoms with E-state index < -0.39 is 36.1 Å². The van der Waals surface area contributed by atoms with Gasteiger partial charge in [0, 0.05) is 17.7 Å². The highest BCUT2D eigenvalue weighted by Gasteiger charge is 2.29. The van der Waals surface area contributed by atoms with Crippen LogP contribution in [0.5, 0.6) is 17.4 Å². The SMILES string of the molecule is C=Cc1cc(C(=O)OC(C)(C)C)c(F)cc1Oc1cnc(OCC(F)(F)F)c(Cl)c1. The first kappa shape index (κ1) is 23.5. The van der Waals surface area contributed by atoms with Crippen LogP contribution in [0, 0.1) is 5.82 Å². The Bertz CT molecular complexity index is 955. The lowest BCUT2D eigenvalue weighted by Gasteiger charge is -2.20. The van der Waals surface area contributed by atoms with Gasteiger partial charge in [-0.05, 0) is 26.8 Å². The number of alkyl halides is 3. The number of halogens is 5. The minimum atomic E-state index is -4.55. The Balaban J connectivity index is 2.26. The van der Waals surface area contributed by atoms with E-state index in [1.807, 2.05) is 0 Å². The Morgan fingerprint density at radius 2 is 1.90 bits per heavy atom. The fraction of sp³-hybridized carbons (Fsp3) is 0.300. The Hall–Kier alpha value is -2.81. The fourth-order valence-electron chi connectivity index (χ4n) is 2.16. The maximum Gasteiger partial charge on any atom is 0.422 e. The van der Waals surface area contributed by atoms with Crippen LogP contribution < -0.4 is 9.47 Å². The molecule has 0 aliphatic carbocycles. The summed E-state index contributed by atoms with van der Waals surface area (Å²) in [6.07, 6.45) is -2.16. The van der Waals surface area contributed by atoms with E-state index in [4.69, 9.17) is 21.1 Å². The van der Waals surface area contributed by atoms with Crippen LogP contribution in [0.2, 0.25) is 5.02 Å². The molecule has 10 heteroatoms. The van der Waals surface area contributed by atoms with E-state index in [1.165, 1.54) is 12.1 Å². The first-order valence-electron chi connectivity index (χ1n) is 8.51. The van der Waals surface area contributed by atoms with Crippen molar-refractivity contribution in [3.8, 4) is 17.4 Å². The van der Waals surface area contributed by atoms with Gasteiger partial charge in [0.25, 0.3) is 0 Å². The predicted octanol–water partition coefficient (Wildman–Crippen LogP) is 6.21. The Morgan fingerprint density at radius 1 is 1.23 bits per heavy atom. The van der Waals surface area contributed by atoms with Gasteiger partial charge >= 0.3 is 12.1 Å². The zero-order valence-electron chi connectivity index (χ0n) is 16.3.